The van der Waals surface area contributed by atoms with Crippen LogP contribution in [-0.2, 0) is 0 Å². The van der Waals surface area contributed by atoms with E-state index in [0.29, 0.717) is 23.6 Å². The highest BCUT2D eigenvalue weighted by Crippen LogP contribution is 2.15. The number of halogens is 1. The van der Waals surface area contributed by atoms with E-state index >= 15 is 0 Å². The zero-order chi connectivity index (χ0) is 10.4. The van der Waals surface area contributed by atoms with E-state index in [-0.39, 0.29) is 0 Å². The molecule has 0 aliphatic heterocycles. The molecule has 2 N–H and O–H groups in total. The van der Waals surface area contributed by atoms with Crippen molar-refractivity contribution in [3.05, 3.63) is 34.3 Å². The molecule has 0 amide bonds. The minimum Gasteiger partial charge on any atom is -0.330 e. The maximum Gasteiger partial charge on any atom is 0.151 e. The van der Waals surface area contributed by atoms with Gasteiger partial charge in [0, 0.05) is 24.1 Å². The first-order valence-electron chi connectivity index (χ1n) is 4.21. The highest BCUT2D eigenvalue weighted by molar-refractivity contribution is 6.33. The average molecular weight is 208 g/mol. The molecule has 0 saturated heterocycles. The average Bonchev–Trinajstić information content (AvgIpc) is 2.18. The molecule has 0 unspecified atom stereocenters. The molecule has 0 aliphatic rings. The van der Waals surface area contributed by atoms with Crippen molar-refractivity contribution in [1.29, 1.82) is 0 Å². The lowest BCUT2D eigenvalue weighted by Gasteiger charge is -1.95. The van der Waals surface area contributed by atoms with Crippen LogP contribution in [0.3, 0.4) is 0 Å². The number of benzene rings is 1. The molecule has 0 saturated carbocycles. The molecule has 1 aromatic carbocycles. The zero-order valence-corrected chi connectivity index (χ0v) is 8.34. The summed E-state index contributed by atoms with van der Waals surface area (Å²) in [5.74, 6) is 5.80. The van der Waals surface area contributed by atoms with Crippen molar-refractivity contribution in [2.24, 2.45) is 5.73 Å². The Morgan fingerprint density at radius 3 is 2.86 bits per heavy atom. The van der Waals surface area contributed by atoms with Crippen LogP contribution < -0.4 is 5.73 Å². The van der Waals surface area contributed by atoms with Gasteiger partial charge in [-0.1, -0.05) is 23.4 Å². The molecule has 0 radical (unpaired) electrons. The summed E-state index contributed by atoms with van der Waals surface area (Å²) < 4.78 is 0. The van der Waals surface area contributed by atoms with E-state index < -0.39 is 0 Å². The Morgan fingerprint density at radius 1 is 1.50 bits per heavy atom. The van der Waals surface area contributed by atoms with Gasteiger partial charge in [0.05, 0.1) is 5.02 Å². The number of carbonyl (C=O) groups is 1. The smallest absolute Gasteiger partial charge is 0.151 e. The fourth-order valence-electron chi connectivity index (χ4n) is 0.937. The van der Waals surface area contributed by atoms with Crippen LogP contribution in [0.4, 0.5) is 0 Å². The molecule has 0 spiro atoms. The number of nitrogens with two attached hydrogens (primary N) is 1. The first-order chi connectivity index (χ1) is 6.77. The topological polar surface area (TPSA) is 43.1 Å². The normalized spacial score (nSPS) is 9.00. The molecule has 0 fully saturated rings. The lowest BCUT2D eigenvalue weighted by atomic mass is 10.1. The van der Waals surface area contributed by atoms with Crippen LogP contribution in [0.5, 0.6) is 0 Å². The summed E-state index contributed by atoms with van der Waals surface area (Å²) in [6.45, 7) is 0.549. The molecule has 72 valence electrons. The van der Waals surface area contributed by atoms with Crippen LogP contribution in [0.1, 0.15) is 22.3 Å². The maximum atomic E-state index is 10.5. The number of hydrogen-bond acceptors (Lipinski definition) is 2. The predicted octanol–water partition coefficient (Wildman–Crippen LogP) is 1.85. The lowest BCUT2D eigenvalue weighted by Crippen LogP contribution is -1.95. The van der Waals surface area contributed by atoms with Gasteiger partial charge in [-0.3, -0.25) is 4.79 Å². The molecule has 0 heterocycles. The van der Waals surface area contributed by atoms with Crippen molar-refractivity contribution in [1.82, 2.24) is 0 Å². The van der Waals surface area contributed by atoms with Gasteiger partial charge in [0.15, 0.2) is 6.29 Å². The number of rotatable bonds is 2. The van der Waals surface area contributed by atoms with Crippen molar-refractivity contribution in [2.45, 2.75) is 6.42 Å². The van der Waals surface area contributed by atoms with Crippen LogP contribution in [0.15, 0.2) is 18.2 Å². The highest BCUT2D eigenvalue weighted by Gasteiger charge is 1.98. The van der Waals surface area contributed by atoms with Gasteiger partial charge in [-0.25, -0.2) is 0 Å². The van der Waals surface area contributed by atoms with Gasteiger partial charge in [0.2, 0.25) is 0 Å². The summed E-state index contributed by atoms with van der Waals surface area (Å²) in [7, 11) is 0. The number of hydrogen-bond donors (Lipinski definition) is 1. The quantitative estimate of drug-likeness (QED) is 0.594. The monoisotopic (exact) mass is 207 g/mol. The van der Waals surface area contributed by atoms with Crippen LogP contribution in [0, 0.1) is 11.8 Å². The van der Waals surface area contributed by atoms with Gasteiger partial charge >= 0.3 is 0 Å². The fourth-order valence-corrected chi connectivity index (χ4v) is 1.16. The second-order valence-electron chi connectivity index (χ2n) is 2.69. The Morgan fingerprint density at radius 2 is 2.29 bits per heavy atom. The minimum absolute atomic E-state index is 0.430. The van der Waals surface area contributed by atoms with E-state index in [1.165, 1.54) is 0 Å². The third-order valence-electron chi connectivity index (χ3n) is 1.63. The molecule has 0 atom stereocenters. The van der Waals surface area contributed by atoms with E-state index in [9.17, 15) is 4.79 Å². The molecule has 0 aromatic heterocycles. The van der Waals surface area contributed by atoms with Crippen molar-refractivity contribution in [3.63, 3.8) is 0 Å². The van der Waals surface area contributed by atoms with E-state index in [0.717, 1.165) is 11.8 Å². The lowest BCUT2D eigenvalue weighted by molar-refractivity contribution is 0.112. The molecular formula is C11H10ClNO. The van der Waals surface area contributed by atoms with Crippen molar-refractivity contribution in [2.75, 3.05) is 6.54 Å². The Hall–Kier alpha value is -1.30. The SMILES string of the molecule is NCCC#Cc1ccc(C=O)c(Cl)c1. The van der Waals surface area contributed by atoms with E-state index in [4.69, 9.17) is 17.3 Å². The summed E-state index contributed by atoms with van der Waals surface area (Å²) in [6, 6.07) is 5.09. The van der Waals surface area contributed by atoms with Crippen molar-refractivity contribution in [3.8, 4) is 11.8 Å². The first-order valence-corrected chi connectivity index (χ1v) is 4.59. The molecule has 1 rings (SSSR count). The third-order valence-corrected chi connectivity index (χ3v) is 1.96. The molecule has 3 heteroatoms. The number of carbonyl (C=O) groups excluding carboxylic acids is 1. The molecular weight excluding hydrogens is 198 g/mol. The predicted molar refractivity (Wildman–Crippen MR) is 57.4 cm³/mol. The van der Waals surface area contributed by atoms with Crippen molar-refractivity contribution < 1.29 is 4.79 Å². The van der Waals surface area contributed by atoms with Gasteiger partial charge in [-0.2, -0.15) is 0 Å². The second kappa shape index (κ2) is 5.43. The molecule has 2 nitrogen and oxygen atoms in total. The molecule has 14 heavy (non-hydrogen) atoms. The summed E-state index contributed by atoms with van der Waals surface area (Å²) in [6.07, 6.45) is 1.38. The molecule has 0 bridgehead atoms. The largest absolute Gasteiger partial charge is 0.330 e. The molecule has 1 aromatic rings. The Kier molecular flexibility index (Phi) is 4.18. The van der Waals surface area contributed by atoms with Gasteiger partial charge in [-0.15, -0.1) is 0 Å². The zero-order valence-electron chi connectivity index (χ0n) is 7.59. The van der Waals surface area contributed by atoms with Crippen LogP contribution in [0.25, 0.3) is 0 Å². The van der Waals surface area contributed by atoms with Crippen LogP contribution in [-0.4, -0.2) is 12.8 Å². The Balaban J connectivity index is 2.88. The first kappa shape index (κ1) is 10.8. The summed E-state index contributed by atoms with van der Waals surface area (Å²) in [5.41, 5.74) is 6.58. The third kappa shape index (κ3) is 2.88. The van der Waals surface area contributed by atoms with E-state index in [2.05, 4.69) is 11.8 Å². The van der Waals surface area contributed by atoms with Gasteiger partial charge in [0.25, 0.3) is 0 Å². The minimum atomic E-state index is 0.430. The van der Waals surface area contributed by atoms with Gasteiger partial charge in [0.1, 0.15) is 0 Å². The van der Waals surface area contributed by atoms with E-state index in [1.54, 1.807) is 18.2 Å². The number of aldehydes is 1. The van der Waals surface area contributed by atoms with Crippen molar-refractivity contribution >= 4 is 17.9 Å². The van der Waals surface area contributed by atoms with Gasteiger partial charge < -0.3 is 5.73 Å². The molecule has 0 aliphatic carbocycles. The second-order valence-corrected chi connectivity index (χ2v) is 3.10. The summed E-state index contributed by atoms with van der Waals surface area (Å²) in [5, 5.41) is 0.430. The summed E-state index contributed by atoms with van der Waals surface area (Å²) >= 11 is 5.82. The van der Waals surface area contributed by atoms with Crippen LogP contribution >= 0.6 is 11.6 Å². The Bertz CT molecular complexity index is 390. The highest BCUT2D eigenvalue weighted by atomic mass is 35.5. The fraction of sp³-hybridized carbons (Fsp3) is 0.182. The maximum absolute atomic E-state index is 10.5. The van der Waals surface area contributed by atoms with Gasteiger partial charge in [-0.05, 0) is 18.2 Å². The summed E-state index contributed by atoms with van der Waals surface area (Å²) in [4.78, 5) is 10.5. The van der Waals surface area contributed by atoms with E-state index in [1.807, 2.05) is 0 Å². The Labute approximate surface area is 88.1 Å². The standard InChI is InChI=1S/C11H10ClNO/c12-11-7-9(3-1-2-6-13)4-5-10(11)8-14/h4-5,7-8H,2,6,13H2. The van der Waals surface area contributed by atoms with Crippen LogP contribution in [0.2, 0.25) is 5.02 Å².